The molecule has 1 saturated heterocycles. The van der Waals surface area contributed by atoms with Crippen molar-refractivity contribution < 1.29 is 9.53 Å². The summed E-state index contributed by atoms with van der Waals surface area (Å²) in [6, 6.07) is 10.5. The summed E-state index contributed by atoms with van der Waals surface area (Å²) in [6.45, 7) is 4.24. The molecule has 1 amide bonds. The maximum absolute atomic E-state index is 12.9. The molecule has 2 aliphatic rings. The fraction of sp³-hybridized carbons (Fsp3) is 0.550. The molecule has 4 rings (SSSR count). The van der Waals surface area contributed by atoms with Crippen LogP contribution in [-0.4, -0.2) is 46.2 Å². The van der Waals surface area contributed by atoms with E-state index in [2.05, 4.69) is 33.9 Å². The molecule has 1 aromatic heterocycles. The number of carbonyl (C=O) groups excluding carboxylic acids is 1. The first kappa shape index (κ1) is 17.6. The molecule has 5 nitrogen and oxygen atoms in total. The van der Waals surface area contributed by atoms with Gasteiger partial charge in [0.2, 0.25) is 0 Å². The summed E-state index contributed by atoms with van der Waals surface area (Å²) in [6.07, 6.45) is 4.67. The zero-order valence-electron chi connectivity index (χ0n) is 15.1. The van der Waals surface area contributed by atoms with Crippen molar-refractivity contribution in [1.82, 2.24) is 14.5 Å². The lowest BCUT2D eigenvalue weighted by Gasteiger charge is -2.38. The highest BCUT2D eigenvalue weighted by Crippen LogP contribution is 2.32. The molecule has 0 unspecified atom stereocenters. The summed E-state index contributed by atoms with van der Waals surface area (Å²) in [5.41, 5.74) is 1.81. The number of aryl methyl sites for hydroxylation is 1. The number of hydrogen-bond donors (Lipinski definition) is 0. The molecule has 2 aromatic rings. The standard InChI is InChI=1S/C20H25N3O2S/c1-14-19(21-22-26-14)20(24)23-10-9-18(25-13-16-7-8-16)17(12-23)11-15-5-3-2-4-6-15/h2-6,16-18H,7-13H2,1H3/t17-,18-/m1/s1. The van der Waals surface area contributed by atoms with Crippen molar-refractivity contribution in [2.75, 3.05) is 19.7 Å². The Labute approximate surface area is 158 Å². The maximum atomic E-state index is 12.9. The first-order valence-electron chi connectivity index (χ1n) is 9.44. The third-order valence-electron chi connectivity index (χ3n) is 5.39. The van der Waals surface area contributed by atoms with Crippen LogP contribution in [0.15, 0.2) is 30.3 Å². The van der Waals surface area contributed by atoms with E-state index in [9.17, 15) is 4.79 Å². The van der Waals surface area contributed by atoms with Crippen LogP contribution in [0.1, 0.15) is 40.2 Å². The fourth-order valence-electron chi connectivity index (χ4n) is 3.65. The summed E-state index contributed by atoms with van der Waals surface area (Å²) < 4.78 is 10.2. The Morgan fingerprint density at radius 3 is 2.77 bits per heavy atom. The van der Waals surface area contributed by atoms with Crippen LogP contribution >= 0.6 is 11.5 Å². The van der Waals surface area contributed by atoms with Gasteiger partial charge in [0.15, 0.2) is 5.69 Å². The Bertz CT molecular complexity index is 745. The van der Waals surface area contributed by atoms with Crippen molar-refractivity contribution in [1.29, 1.82) is 0 Å². The van der Waals surface area contributed by atoms with Crippen LogP contribution in [0.4, 0.5) is 0 Å². The van der Waals surface area contributed by atoms with Gasteiger partial charge < -0.3 is 9.64 Å². The number of nitrogens with zero attached hydrogens (tertiary/aromatic N) is 3. The van der Waals surface area contributed by atoms with E-state index in [0.29, 0.717) is 11.6 Å². The Kier molecular flexibility index (Phi) is 5.31. The molecule has 0 N–H and O–H groups in total. The SMILES string of the molecule is Cc1snnc1C(=O)N1CC[C@@H](OCC2CC2)[C@H](Cc2ccccc2)C1. The van der Waals surface area contributed by atoms with Gasteiger partial charge in [0, 0.05) is 25.6 Å². The lowest BCUT2D eigenvalue weighted by atomic mass is 9.88. The van der Waals surface area contributed by atoms with Crippen molar-refractivity contribution in [3.05, 3.63) is 46.5 Å². The molecular formula is C20H25N3O2S. The molecule has 1 aliphatic heterocycles. The number of ether oxygens (including phenoxy) is 1. The smallest absolute Gasteiger partial charge is 0.275 e. The molecule has 6 heteroatoms. The first-order valence-corrected chi connectivity index (χ1v) is 10.2. The van der Waals surface area contributed by atoms with Crippen LogP contribution in [0, 0.1) is 18.8 Å². The van der Waals surface area contributed by atoms with Gasteiger partial charge in [-0.1, -0.05) is 34.8 Å². The van der Waals surface area contributed by atoms with Gasteiger partial charge in [0.1, 0.15) is 0 Å². The molecule has 1 aliphatic carbocycles. The average Bonchev–Trinajstić information content (AvgIpc) is 3.40. The molecule has 26 heavy (non-hydrogen) atoms. The van der Waals surface area contributed by atoms with Crippen LogP contribution in [-0.2, 0) is 11.2 Å². The number of carbonyl (C=O) groups is 1. The number of benzene rings is 1. The van der Waals surface area contributed by atoms with Crippen LogP contribution in [0.5, 0.6) is 0 Å². The molecule has 2 atom stereocenters. The van der Waals surface area contributed by atoms with Crippen LogP contribution in [0.25, 0.3) is 0 Å². The highest BCUT2D eigenvalue weighted by molar-refractivity contribution is 7.05. The number of likely N-dealkylation sites (tertiary alicyclic amines) is 1. The summed E-state index contributed by atoms with van der Waals surface area (Å²) in [4.78, 5) is 15.7. The molecular weight excluding hydrogens is 346 g/mol. The molecule has 0 radical (unpaired) electrons. The van der Waals surface area contributed by atoms with E-state index in [0.717, 1.165) is 43.3 Å². The predicted molar refractivity (Wildman–Crippen MR) is 101 cm³/mol. The Morgan fingerprint density at radius 1 is 1.27 bits per heavy atom. The van der Waals surface area contributed by atoms with E-state index in [1.54, 1.807) is 0 Å². The summed E-state index contributed by atoms with van der Waals surface area (Å²) in [5, 5.41) is 4.03. The molecule has 0 bridgehead atoms. The average molecular weight is 372 g/mol. The van der Waals surface area contributed by atoms with Gasteiger partial charge in [-0.15, -0.1) is 5.10 Å². The van der Waals surface area contributed by atoms with E-state index < -0.39 is 0 Å². The molecule has 138 valence electrons. The summed E-state index contributed by atoms with van der Waals surface area (Å²) in [7, 11) is 0. The third kappa shape index (κ3) is 4.13. The van der Waals surface area contributed by atoms with Gasteiger partial charge in [0.05, 0.1) is 11.0 Å². The van der Waals surface area contributed by atoms with E-state index in [1.807, 2.05) is 17.9 Å². The molecule has 2 fully saturated rings. The fourth-order valence-corrected chi connectivity index (χ4v) is 4.11. The van der Waals surface area contributed by atoms with Gasteiger partial charge in [0.25, 0.3) is 5.91 Å². The molecule has 2 heterocycles. The molecule has 0 spiro atoms. The first-order chi connectivity index (χ1) is 12.7. The molecule has 1 saturated carbocycles. The van der Waals surface area contributed by atoms with Crippen molar-refractivity contribution >= 4 is 17.4 Å². The second-order valence-corrected chi connectivity index (χ2v) is 8.44. The topological polar surface area (TPSA) is 55.3 Å². The highest BCUT2D eigenvalue weighted by Gasteiger charge is 2.35. The minimum Gasteiger partial charge on any atom is -0.377 e. The predicted octanol–water partition coefficient (Wildman–Crippen LogP) is 3.35. The maximum Gasteiger partial charge on any atom is 0.275 e. The van der Waals surface area contributed by atoms with Crippen molar-refractivity contribution in [2.45, 2.75) is 38.7 Å². The number of hydrogen-bond acceptors (Lipinski definition) is 5. The normalized spacial score (nSPS) is 23.2. The lowest BCUT2D eigenvalue weighted by molar-refractivity contribution is -0.0327. The monoisotopic (exact) mass is 371 g/mol. The number of aromatic nitrogens is 2. The summed E-state index contributed by atoms with van der Waals surface area (Å²) in [5.74, 6) is 1.09. The Morgan fingerprint density at radius 2 is 2.08 bits per heavy atom. The lowest BCUT2D eigenvalue weighted by Crippen LogP contribution is -2.48. The zero-order chi connectivity index (χ0) is 17.9. The van der Waals surface area contributed by atoms with Crippen LogP contribution in [0.2, 0.25) is 0 Å². The van der Waals surface area contributed by atoms with Gasteiger partial charge in [-0.3, -0.25) is 4.79 Å². The van der Waals surface area contributed by atoms with E-state index >= 15 is 0 Å². The van der Waals surface area contributed by atoms with E-state index in [1.165, 1.54) is 29.9 Å². The quantitative estimate of drug-likeness (QED) is 0.781. The second-order valence-electron chi connectivity index (χ2n) is 7.48. The number of rotatable bonds is 6. The van der Waals surface area contributed by atoms with Crippen molar-refractivity contribution in [2.24, 2.45) is 11.8 Å². The van der Waals surface area contributed by atoms with E-state index in [-0.39, 0.29) is 12.0 Å². The zero-order valence-corrected chi connectivity index (χ0v) is 16.0. The van der Waals surface area contributed by atoms with Crippen molar-refractivity contribution in [3.63, 3.8) is 0 Å². The van der Waals surface area contributed by atoms with Crippen molar-refractivity contribution in [3.8, 4) is 0 Å². The number of piperidine rings is 1. The Balaban J connectivity index is 1.46. The van der Waals surface area contributed by atoms with Gasteiger partial charge in [-0.25, -0.2) is 0 Å². The van der Waals surface area contributed by atoms with Gasteiger partial charge >= 0.3 is 0 Å². The minimum absolute atomic E-state index is 0.00922. The minimum atomic E-state index is 0.00922. The number of amides is 1. The Hall–Kier alpha value is -1.79. The van der Waals surface area contributed by atoms with Gasteiger partial charge in [-0.2, -0.15) is 0 Å². The molecule has 1 aromatic carbocycles. The summed E-state index contributed by atoms with van der Waals surface area (Å²) >= 11 is 1.29. The van der Waals surface area contributed by atoms with Crippen LogP contribution < -0.4 is 0 Å². The third-order valence-corrected chi connectivity index (χ3v) is 6.02. The highest BCUT2D eigenvalue weighted by atomic mass is 32.1. The largest absolute Gasteiger partial charge is 0.377 e. The van der Waals surface area contributed by atoms with E-state index in [4.69, 9.17) is 4.74 Å². The second kappa shape index (κ2) is 7.84. The van der Waals surface area contributed by atoms with Crippen LogP contribution in [0.3, 0.4) is 0 Å². The van der Waals surface area contributed by atoms with Gasteiger partial charge in [-0.05, 0) is 55.6 Å².